The van der Waals surface area contributed by atoms with E-state index in [0.717, 1.165) is 15.9 Å². The largest absolute Gasteiger partial charge is 0.490 e. The number of primary amides is 1. The van der Waals surface area contributed by atoms with Gasteiger partial charge in [-0.1, -0.05) is 0 Å². The van der Waals surface area contributed by atoms with E-state index < -0.39 is 5.91 Å². The van der Waals surface area contributed by atoms with Crippen LogP contribution in [0.5, 0.6) is 11.5 Å². The standard InChI is InChI=1S/C18H22BrN5O4/c1-4-27-15-7-13(5-6-14(15)28-10-16(20)25)8-21-22-17(26)9-24-12(3)18(19)11(2)23-24/h5-8H,4,9-10H2,1-3H3,(H2,20,25)(H,22,26). The summed E-state index contributed by atoms with van der Waals surface area (Å²) >= 11 is 3.42. The van der Waals surface area contributed by atoms with Gasteiger partial charge in [-0.2, -0.15) is 10.2 Å². The molecule has 0 unspecified atom stereocenters. The molecule has 0 fully saturated rings. The second-order valence-corrected chi connectivity index (χ2v) is 6.62. The average Bonchev–Trinajstić information content (AvgIpc) is 2.88. The normalized spacial score (nSPS) is 10.9. The molecule has 28 heavy (non-hydrogen) atoms. The maximum absolute atomic E-state index is 12.1. The van der Waals surface area contributed by atoms with E-state index in [1.54, 1.807) is 22.9 Å². The Morgan fingerprint density at radius 2 is 2.07 bits per heavy atom. The molecular weight excluding hydrogens is 430 g/mol. The van der Waals surface area contributed by atoms with Crippen molar-refractivity contribution in [2.24, 2.45) is 10.8 Å². The van der Waals surface area contributed by atoms with Crippen molar-refractivity contribution in [1.29, 1.82) is 0 Å². The number of benzene rings is 1. The summed E-state index contributed by atoms with van der Waals surface area (Å²) in [6.07, 6.45) is 1.48. The Morgan fingerprint density at radius 3 is 2.68 bits per heavy atom. The van der Waals surface area contributed by atoms with Crippen LogP contribution in [-0.2, 0) is 16.1 Å². The molecule has 2 amide bonds. The molecule has 0 aliphatic heterocycles. The molecule has 0 saturated carbocycles. The van der Waals surface area contributed by atoms with Gasteiger partial charge < -0.3 is 15.2 Å². The Hall–Kier alpha value is -2.88. The highest BCUT2D eigenvalue weighted by atomic mass is 79.9. The minimum atomic E-state index is -0.578. The first kappa shape index (κ1) is 21.4. The molecule has 3 N–H and O–H groups in total. The second kappa shape index (κ2) is 9.88. The molecule has 150 valence electrons. The lowest BCUT2D eigenvalue weighted by atomic mass is 10.2. The molecule has 1 aromatic heterocycles. The third-order valence-electron chi connectivity index (χ3n) is 3.63. The van der Waals surface area contributed by atoms with Crippen LogP contribution in [0.4, 0.5) is 0 Å². The number of hydrogen-bond acceptors (Lipinski definition) is 6. The van der Waals surface area contributed by atoms with Crippen LogP contribution >= 0.6 is 15.9 Å². The second-order valence-electron chi connectivity index (χ2n) is 5.83. The zero-order chi connectivity index (χ0) is 20.7. The van der Waals surface area contributed by atoms with Gasteiger partial charge in [0, 0.05) is 0 Å². The molecule has 0 aliphatic rings. The van der Waals surface area contributed by atoms with Gasteiger partial charge in [0.1, 0.15) is 6.54 Å². The number of halogens is 1. The fourth-order valence-corrected chi connectivity index (χ4v) is 2.60. The van der Waals surface area contributed by atoms with E-state index in [-0.39, 0.29) is 19.1 Å². The van der Waals surface area contributed by atoms with Gasteiger partial charge in [0.15, 0.2) is 18.1 Å². The van der Waals surface area contributed by atoms with Gasteiger partial charge in [0.2, 0.25) is 0 Å². The van der Waals surface area contributed by atoms with Crippen molar-refractivity contribution in [2.75, 3.05) is 13.2 Å². The molecule has 0 saturated heterocycles. The molecule has 10 heteroatoms. The number of aromatic nitrogens is 2. The summed E-state index contributed by atoms with van der Waals surface area (Å²) in [7, 11) is 0. The fraction of sp³-hybridized carbons (Fsp3) is 0.333. The molecule has 0 aliphatic carbocycles. The van der Waals surface area contributed by atoms with Gasteiger partial charge >= 0.3 is 0 Å². The minimum absolute atomic E-state index is 0.0553. The number of hydrogen-bond donors (Lipinski definition) is 2. The van der Waals surface area contributed by atoms with E-state index in [9.17, 15) is 9.59 Å². The Labute approximate surface area is 171 Å². The van der Waals surface area contributed by atoms with Gasteiger partial charge in [0.05, 0.1) is 28.7 Å². The van der Waals surface area contributed by atoms with Crippen molar-refractivity contribution in [2.45, 2.75) is 27.3 Å². The summed E-state index contributed by atoms with van der Waals surface area (Å²) in [4.78, 5) is 22.9. The van der Waals surface area contributed by atoms with Crippen LogP contribution in [-0.4, -0.2) is 41.0 Å². The lowest BCUT2D eigenvalue weighted by Crippen LogP contribution is -2.24. The number of nitrogens with one attached hydrogen (secondary N) is 1. The number of nitrogens with zero attached hydrogens (tertiary/aromatic N) is 3. The predicted molar refractivity (Wildman–Crippen MR) is 107 cm³/mol. The smallest absolute Gasteiger partial charge is 0.261 e. The van der Waals surface area contributed by atoms with E-state index in [4.69, 9.17) is 15.2 Å². The van der Waals surface area contributed by atoms with Crippen molar-refractivity contribution in [3.05, 3.63) is 39.6 Å². The summed E-state index contributed by atoms with van der Waals surface area (Å²) in [6, 6.07) is 5.05. The summed E-state index contributed by atoms with van der Waals surface area (Å²) in [6.45, 7) is 5.79. The average molecular weight is 452 g/mol. The van der Waals surface area contributed by atoms with Gasteiger partial charge in [-0.25, -0.2) is 5.43 Å². The third kappa shape index (κ3) is 5.81. The number of carbonyl (C=O) groups excluding carboxylic acids is 2. The molecule has 0 bridgehead atoms. The molecule has 0 radical (unpaired) electrons. The molecule has 1 aromatic carbocycles. The minimum Gasteiger partial charge on any atom is -0.490 e. The number of amides is 2. The van der Waals surface area contributed by atoms with E-state index >= 15 is 0 Å². The van der Waals surface area contributed by atoms with Crippen LogP contribution in [0, 0.1) is 13.8 Å². The van der Waals surface area contributed by atoms with Crippen molar-refractivity contribution in [3.63, 3.8) is 0 Å². The number of carbonyl (C=O) groups is 2. The molecule has 1 heterocycles. The summed E-state index contributed by atoms with van der Waals surface area (Å²) in [5, 5.41) is 8.24. The maximum atomic E-state index is 12.1. The van der Waals surface area contributed by atoms with Gasteiger partial charge in [-0.05, 0) is 60.5 Å². The number of nitrogens with two attached hydrogens (primary N) is 1. The van der Waals surface area contributed by atoms with Gasteiger partial charge in [-0.3, -0.25) is 14.3 Å². The zero-order valence-corrected chi connectivity index (χ0v) is 17.4. The van der Waals surface area contributed by atoms with E-state index in [0.29, 0.717) is 23.7 Å². The van der Waals surface area contributed by atoms with Crippen LogP contribution in [0.15, 0.2) is 27.8 Å². The Bertz CT molecular complexity index is 894. The highest BCUT2D eigenvalue weighted by molar-refractivity contribution is 9.10. The lowest BCUT2D eigenvalue weighted by molar-refractivity contribution is -0.122. The maximum Gasteiger partial charge on any atom is 0.261 e. The van der Waals surface area contributed by atoms with Gasteiger partial charge in [-0.15, -0.1) is 0 Å². The van der Waals surface area contributed by atoms with Crippen LogP contribution in [0.1, 0.15) is 23.9 Å². The van der Waals surface area contributed by atoms with E-state index in [2.05, 4.69) is 31.6 Å². The van der Waals surface area contributed by atoms with Crippen LogP contribution in [0.25, 0.3) is 0 Å². The Kier molecular flexibility index (Phi) is 7.56. The SMILES string of the molecule is CCOc1cc(C=NNC(=O)Cn2nc(C)c(Br)c2C)ccc1OCC(N)=O. The van der Waals surface area contributed by atoms with Gasteiger partial charge in [0.25, 0.3) is 11.8 Å². The number of rotatable bonds is 9. The number of hydrazone groups is 1. The first-order valence-electron chi connectivity index (χ1n) is 8.51. The molecule has 0 spiro atoms. The summed E-state index contributed by atoms with van der Waals surface area (Å²) < 4.78 is 13.3. The third-order valence-corrected chi connectivity index (χ3v) is 4.77. The van der Waals surface area contributed by atoms with Crippen LogP contribution in [0.3, 0.4) is 0 Å². The molecule has 2 aromatic rings. The van der Waals surface area contributed by atoms with Crippen molar-refractivity contribution in [3.8, 4) is 11.5 Å². The topological polar surface area (TPSA) is 121 Å². The highest BCUT2D eigenvalue weighted by Gasteiger charge is 2.11. The predicted octanol–water partition coefficient (Wildman–Crippen LogP) is 1.68. The number of ether oxygens (including phenoxy) is 2. The Balaban J connectivity index is 2.00. The molecular formula is C18H22BrN5O4. The highest BCUT2D eigenvalue weighted by Crippen LogP contribution is 2.28. The first-order valence-corrected chi connectivity index (χ1v) is 9.30. The van der Waals surface area contributed by atoms with Crippen LogP contribution < -0.4 is 20.6 Å². The molecule has 9 nitrogen and oxygen atoms in total. The summed E-state index contributed by atoms with van der Waals surface area (Å²) in [5.41, 5.74) is 9.92. The Morgan fingerprint density at radius 1 is 1.32 bits per heavy atom. The molecule has 0 atom stereocenters. The lowest BCUT2D eigenvalue weighted by Gasteiger charge is -2.11. The van der Waals surface area contributed by atoms with Crippen LogP contribution in [0.2, 0.25) is 0 Å². The van der Waals surface area contributed by atoms with Crippen molar-refractivity contribution >= 4 is 34.0 Å². The number of aryl methyl sites for hydroxylation is 1. The van der Waals surface area contributed by atoms with Crippen molar-refractivity contribution < 1.29 is 19.1 Å². The molecule has 2 rings (SSSR count). The fourth-order valence-electron chi connectivity index (χ4n) is 2.32. The first-order chi connectivity index (χ1) is 13.3. The quantitative estimate of drug-likeness (QED) is 0.443. The summed E-state index contributed by atoms with van der Waals surface area (Å²) in [5.74, 6) is -0.0327. The van der Waals surface area contributed by atoms with E-state index in [1.807, 2.05) is 20.8 Å². The van der Waals surface area contributed by atoms with E-state index in [1.165, 1.54) is 6.21 Å². The zero-order valence-electron chi connectivity index (χ0n) is 15.9. The monoisotopic (exact) mass is 451 g/mol. The van der Waals surface area contributed by atoms with Crippen molar-refractivity contribution in [1.82, 2.24) is 15.2 Å².